The van der Waals surface area contributed by atoms with Crippen molar-refractivity contribution in [2.75, 3.05) is 27.2 Å². The maximum atomic E-state index is 3.84. The van der Waals surface area contributed by atoms with Crippen molar-refractivity contribution < 1.29 is 0 Å². The van der Waals surface area contributed by atoms with Crippen LogP contribution in [-0.4, -0.2) is 49.1 Å². The first-order chi connectivity index (χ1) is 5.15. The molecule has 0 radical (unpaired) electrons. The van der Waals surface area contributed by atoms with Crippen LogP contribution in [0.5, 0.6) is 0 Å². The van der Waals surface area contributed by atoms with Gasteiger partial charge in [-0.05, 0) is 21.0 Å². The average molecular weight is 154 g/mol. The highest BCUT2D eigenvalue weighted by atomic mass is 15.3. The molecule has 1 saturated heterocycles. The predicted octanol–water partition coefficient (Wildman–Crippen LogP) is 0.807. The minimum absolute atomic E-state index is 0.531. The molecule has 0 aromatic rings. The SMILES string of the molecule is C=C[C@H]1CN(C)C[C@@H](C)N1C. The largest absolute Gasteiger partial charge is 0.303 e. The fourth-order valence-electron chi connectivity index (χ4n) is 1.67. The first-order valence-corrected chi connectivity index (χ1v) is 4.18. The highest BCUT2D eigenvalue weighted by Gasteiger charge is 2.24. The Morgan fingerprint density at radius 1 is 1.36 bits per heavy atom. The van der Waals surface area contributed by atoms with Crippen LogP contribution < -0.4 is 0 Å². The lowest BCUT2D eigenvalue weighted by Crippen LogP contribution is -2.53. The molecule has 0 aromatic carbocycles. The lowest BCUT2D eigenvalue weighted by atomic mass is 10.1. The fourth-order valence-corrected chi connectivity index (χ4v) is 1.67. The van der Waals surface area contributed by atoms with E-state index in [1.165, 1.54) is 6.54 Å². The van der Waals surface area contributed by atoms with Gasteiger partial charge in [0.25, 0.3) is 0 Å². The van der Waals surface area contributed by atoms with Gasteiger partial charge in [0.05, 0.1) is 0 Å². The Bertz CT molecular complexity index is 144. The van der Waals surface area contributed by atoms with E-state index in [-0.39, 0.29) is 0 Å². The standard InChI is InChI=1S/C9H18N2/c1-5-9-7-10(3)6-8(2)11(9)4/h5,8-9H,1,6-7H2,2-4H3/t8-,9+/m1/s1. The van der Waals surface area contributed by atoms with Crippen LogP contribution >= 0.6 is 0 Å². The van der Waals surface area contributed by atoms with Crippen molar-refractivity contribution in [1.82, 2.24) is 9.80 Å². The topological polar surface area (TPSA) is 6.48 Å². The van der Waals surface area contributed by atoms with Crippen molar-refractivity contribution in [2.45, 2.75) is 19.0 Å². The van der Waals surface area contributed by atoms with Crippen LogP contribution in [0.15, 0.2) is 12.7 Å². The minimum Gasteiger partial charge on any atom is -0.303 e. The molecule has 64 valence electrons. The van der Waals surface area contributed by atoms with E-state index < -0.39 is 0 Å². The zero-order valence-corrected chi connectivity index (χ0v) is 7.75. The number of hydrogen-bond donors (Lipinski definition) is 0. The second kappa shape index (κ2) is 3.37. The summed E-state index contributed by atoms with van der Waals surface area (Å²) < 4.78 is 0. The molecule has 2 atom stereocenters. The Kier molecular flexibility index (Phi) is 2.68. The van der Waals surface area contributed by atoms with Gasteiger partial charge in [-0.1, -0.05) is 6.08 Å². The van der Waals surface area contributed by atoms with E-state index in [1.54, 1.807) is 0 Å². The zero-order chi connectivity index (χ0) is 8.43. The predicted molar refractivity (Wildman–Crippen MR) is 48.7 cm³/mol. The van der Waals surface area contributed by atoms with Gasteiger partial charge in [-0.15, -0.1) is 6.58 Å². The number of nitrogens with zero attached hydrogens (tertiary/aromatic N) is 2. The van der Waals surface area contributed by atoms with E-state index in [0.29, 0.717) is 12.1 Å². The summed E-state index contributed by atoms with van der Waals surface area (Å²) >= 11 is 0. The van der Waals surface area contributed by atoms with E-state index in [2.05, 4.69) is 37.4 Å². The Hall–Kier alpha value is -0.340. The molecule has 11 heavy (non-hydrogen) atoms. The molecule has 1 heterocycles. The smallest absolute Gasteiger partial charge is 0.0403 e. The third kappa shape index (κ3) is 1.82. The molecule has 1 aliphatic rings. The normalized spacial score (nSPS) is 35.5. The first kappa shape index (κ1) is 8.75. The van der Waals surface area contributed by atoms with Gasteiger partial charge in [0, 0.05) is 25.2 Å². The molecule has 0 spiro atoms. The Morgan fingerprint density at radius 2 is 2.00 bits per heavy atom. The number of piperazine rings is 1. The lowest BCUT2D eigenvalue weighted by molar-refractivity contribution is 0.0899. The molecule has 1 aliphatic heterocycles. The van der Waals surface area contributed by atoms with E-state index in [0.717, 1.165) is 6.54 Å². The molecule has 2 nitrogen and oxygen atoms in total. The highest BCUT2D eigenvalue weighted by molar-refractivity contribution is 4.94. The number of likely N-dealkylation sites (N-methyl/N-ethyl adjacent to an activating group) is 2. The van der Waals surface area contributed by atoms with Gasteiger partial charge in [0.15, 0.2) is 0 Å². The summed E-state index contributed by atoms with van der Waals surface area (Å²) in [7, 11) is 4.34. The second-order valence-electron chi connectivity index (χ2n) is 3.54. The van der Waals surface area contributed by atoms with E-state index in [9.17, 15) is 0 Å². The number of rotatable bonds is 1. The van der Waals surface area contributed by atoms with Gasteiger partial charge in [0.2, 0.25) is 0 Å². The van der Waals surface area contributed by atoms with Crippen molar-refractivity contribution >= 4 is 0 Å². The Labute approximate surface area is 69.5 Å². The monoisotopic (exact) mass is 154 g/mol. The minimum atomic E-state index is 0.531. The molecule has 0 saturated carbocycles. The number of hydrogen-bond acceptors (Lipinski definition) is 2. The Morgan fingerprint density at radius 3 is 2.55 bits per heavy atom. The van der Waals surface area contributed by atoms with Gasteiger partial charge < -0.3 is 4.90 Å². The summed E-state index contributed by atoms with van der Waals surface area (Å²) in [6.07, 6.45) is 2.03. The molecule has 0 bridgehead atoms. The molecule has 0 aliphatic carbocycles. The third-order valence-corrected chi connectivity index (χ3v) is 2.57. The molecular weight excluding hydrogens is 136 g/mol. The van der Waals surface area contributed by atoms with Crippen molar-refractivity contribution in [3.05, 3.63) is 12.7 Å². The molecular formula is C9H18N2. The molecule has 1 fully saturated rings. The van der Waals surface area contributed by atoms with E-state index in [1.807, 2.05) is 6.08 Å². The maximum Gasteiger partial charge on any atom is 0.0403 e. The average Bonchev–Trinajstić information content (AvgIpc) is 1.96. The molecule has 0 N–H and O–H groups in total. The molecule has 0 unspecified atom stereocenters. The van der Waals surface area contributed by atoms with Crippen LogP contribution in [0.3, 0.4) is 0 Å². The second-order valence-corrected chi connectivity index (χ2v) is 3.54. The van der Waals surface area contributed by atoms with Crippen LogP contribution in [0.4, 0.5) is 0 Å². The summed E-state index contributed by atoms with van der Waals surface area (Å²) in [5.41, 5.74) is 0. The molecule has 1 rings (SSSR count). The van der Waals surface area contributed by atoms with Crippen LogP contribution in [-0.2, 0) is 0 Å². The van der Waals surface area contributed by atoms with Crippen LogP contribution in [0, 0.1) is 0 Å². The van der Waals surface area contributed by atoms with E-state index in [4.69, 9.17) is 0 Å². The van der Waals surface area contributed by atoms with Gasteiger partial charge >= 0.3 is 0 Å². The van der Waals surface area contributed by atoms with Crippen LogP contribution in [0.2, 0.25) is 0 Å². The van der Waals surface area contributed by atoms with Crippen LogP contribution in [0.1, 0.15) is 6.92 Å². The first-order valence-electron chi connectivity index (χ1n) is 4.18. The summed E-state index contributed by atoms with van der Waals surface area (Å²) in [6.45, 7) is 8.37. The van der Waals surface area contributed by atoms with E-state index >= 15 is 0 Å². The third-order valence-electron chi connectivity index (χ3n) is 2.57. The van der Waals surface area contributed by atoms with Crippen molar-refractivity contribution in [3.8, 4) is 0 Å². The summed E-state index contributed by atoms with van der Waals surface area (Å²) in [6, 6.07) is 1.18. The van der Waals surface area contributed by atoms with Crippen molar-refractivity contribution in [1.29, 1.82) is 0 Å². The van der Waals surface area contributed by atoms with Gasteiger partial charge in [-0.2, -0.15) is 0 Å². The van der Waals surface area contributed by atoms with Gasteiger partial charge in [-0.25, -0.2) is 0 Å². The molecule has 0 amide bonds. The van der Waals surface area contributed by atoms with Crippen LogP contribution in [0.25, 0.3) is 0 Å². The highest BCUT2D eigenvalue weighted by Crippen LogP contribution is 2.12. The maximum absolute atomic E-state index is 3.84. The lowest BCUT2D eigenvalue weighted by Gasteiger charge is -2.41. The van der Waals surface area contributed by atoms with Gasteiger partial charge in [-0.3, -0.25) is 4.90 Å². The summed E-state index contributed by atoms with van der Waals surface area (Å²) in [5.74, 6) is 0. The van der Waals surface area contributed by atoms with Gasteiger partial charge in [0.1, 0.15) is 0 Å². The van der Waals surface area contributed by atoms with Crippen molar-refractivity contribution in [2.24, 2.45) is 0 Å². The Balaban J connectivity index is 2.58. The quantitative estimate of drug-likeness (QED) is 0.516. The molecule has 2 heteroatoms. The van der Waals surface area contributed by atoms with Crippen molar-refractivity contribution in [3.63, 3.8) is 0 Å². The summed E-state index contributed by atoms with van der Waals surface area (Å²) in [4.78, 5) is 4.74. The molecule has 0 aromatic heterocycles. The summed E-state index contributed by atoms with van der Waals surface area (Å²) in [5, 5.41) is 0. The zero-order valence-electron chi connectivity index (χ0n) is 7.75. The fraction of sp³-hybridized carbons (Fsp3) is 0.778.